The Hall–Kier alpha value is -4.14. The molecular weight excluding hydrogens is 435 g/mol. The predicted molar refractivity (Wildman–Crippen MR) is 126 cm³/mol. The van der Waals surface area contributed by atoms with Gasteiger partial charge in [-0.25, -0.2) is 19.5 Å². The number of likely N-dealkylation sites (N-methyl/N-ethyl adjacent to an activating group) is 1. The topological polar surface area (TPSA) is 95.1 Å². The standard InChI is InChI=1S/C25H23FN6O2/c1-2-32(25-27-10-5-11-28-25)17-14-31(15-17)24(34)20-12-16(8-9-21(20)26)13-22-18-6-3-4-7-19(18)23(33)30-29-22/h3-12,17H,2,13-15H2,1H3,(H,30,33). The zero-order valence-corrected chi connectivity index (χ0v) is 18.6. The summed E-state index contributed by atoms with van der Waals surface area (Å²) < 4.78 is 14.6. The number of rotatable bonds is 6. The first-order valence-electron chi connectivity index (χ1n) is 11.1. The molecule has 9 heteroatoms. The van der Waals surface area contributed by atoms with E-state index in [1.54, 1.807) is 47.6 Å². The van der Waals surface area contributed by atoms with Crippen molar-refractivity contribution < 1.29 is 9.18 Å². The fourth-order valence-electron chi connectivity index (χ4n) is 4.34. The van der Waals surface area contributed by atoms with Gasteiger partial charge in [0.15, 0.2) is 0 Å². The molecule has 0 atom stereocenters. The minimum absolute atomic E-state index is 0.0312. The van der Waals surface area contributed by atoms with Gasteiger partial charge in [0.05, 0.1) is 22.7 Å². The Balaban J connectivity index is 1.34. The summed E-state index contributed by atoms with van der Waals surface area (Å²) in [4.78, 5) is 37.4. The molecule has 0 unspecified atom stereocenters. The van der Waals surface area contributed by atoms with Crippen LogP contribution in [0.1, 0.15) is 28.5 Å². The van der Waals surface area contributed by atoms with Gasteiger partial charge in [-0.15, -0.1) is 0 Å². The number of H-pyrrole nitrogens is 1. The Kier molecular flexibility index (Phi) is 5.75. The van der Waals surface area contributed by atoms with Crippen molar-refractivity contribution in [2.45, 2.75) is 19.4 Å². The van der Waals surface area contributed by atoms with Crippen molar-refractivity contribution in [3.63, 3.8) is 0 Å². The van der Waals surface area contributed by atoms with Gasteiger partial charge < -0.3 is 9.80 Å². The molecule has 1 aliphatic rings. The lowest BCUT2D eigenvalue weighted by Crippen LogP contribution is -2.61. The second-order valence-corrected chi connectivity index (χ2v) is 8.23. The molecule has 8 nitrogen and oxygen atoms in total. The minimum Gasteiger partial charge on any atom is -0.335 e. The number of aromatic nitrogens is 4. The monoisotopic (exact) mass is 458 g/mol. The van der Waals surface area contributed by atoms with Crippen LogP contribution >= 0.6 is 0 Å². The number of halogens is 1. The molecule has 4 aromatic rings. The van der Waals surface area contributed by atoms with Crippen molar-refractivity contribution >= 4 is 22.6 Å². The maximum absolute atomic E-state index is 14.6. The number of likely N-dealkylation sites (tertiary alicyclic amines) is 1. The van der Waals surface area contributed by atoms with Crippen molar-refractivity contribution in [2.75, 3.05) is 24.5 Å². The molecule has 3 heterocycles. The van der Waals surface area contributed by atoms with Gasteiger partial charge >= 0.3 is 0 Å². The van der Waals surface area contributed by atoms with Gasteiger partial charge in [0.1, 0.15) is 5.82 Å². The number of anilines is 1. The molecule has 1 aliphatic heterocycles. The Morgan fingerprint density at radius 2 is 1.85 bits per heavy atom. The molecule has 0 bridgehead atoms. The first kappa shape index (κ1) is 21.7. The number of aromatic amines is 1. The first-order valence-corrected chi connectivity index (χ1v) is 11.1. The number of fused-ring (bicyclic) bond motifs is 1. The van der Waals surface area contributed by atoms with Gasteiger partial charge in [0.25, 0.3) is 11.5 Å². The lowest BCUT2D eigenvalue weighted by atomic mass is 10.00. The summed E-state index contributed by atoms with van der Waals surface area (Å²) in [6.45, 7) is 3.67. The predicted octanol–water partition coefficient (Wildman–Crippen LogP) is 2.79. The van der Waals surface area contributed by atoms with E-state index in [0.717, 1.165) is 10.9 Å². The fourth-order valence-corrected chi connectivity index (χ4v) is 4.34. The van der Waals surface area contributed by atoms with Crippen molar-refractivity contribution in [1.82, 2.24) is 25.1 Å². The second-order valence-electron chi connectivity index (χ2n) is 8.23. The van der Waals surface area contributed by atoms with Gasteiger partial charge in [-0.05, 0) is 36.8 Å². The Bertz CT molecular complexity index is 1400. The number of nitrogens with zero attached hydrogens (tertiary/aromatic N) is 5. The van der Waals surface area contributed by atoms with Gasteiger partial charge in [0.2, 0.25) is 5.95 Å². The van der Waals surface area contributed by atoms with Crippen molar-refractivity contribution in [3.8, 4) is 0 Å². The van der Waals surface area contributed by atoms with Crippen molar-refractivity contribution in [1.29, 1.82) is 0 Å². The quantitative estimate of drug-likeness (QED) is 0.478. The summed E-state index contributed by atoms with van der Waals surface area (Å²) in [6.07, 6.45) is 3.73. The van der Waals surface area contributed by atoms with Crippen LogP contribution in [0.15, 0.2) is 65.7 Å². The maximum Gasteiger partial charge on any atom is 0.272 e. The summed E-state index contributed by atoms with van der Waals surface area (Å²) in [7, 11) is 0. The third-order valence-electron chi connectivity index (χ3n) is 6.15. The number of nitrogens with one attached hydrogen (secondary N) is 1. The smallest absolute Gasteiger partial charge is 0.272 e. The van der Waals surface area contributed by atoms with Gasteiger partial charge in [-0.3, -0.25) is 9.59 Å². The Morgan fingerprint density at radius 3 is 2.59 bits per heavy atom. The van der Waals surface area contributed by atoms with E-state index in [1.807, 2.05) is 24.0 Å². The van der Waals surface area contributed by atoms with E-state index in [1.165, 1.54) is 6.07 Å². The molecule has 2 aromatic carbocycles. The lowest BCUT2D eigenvalue weighted by molar-refractivity contribution is 0.0593. The zero-order valence-electron chi connectivity index (χ0n) is 18.6. The van der Waals surface area contributed by atoms with E-state index in [9.17, 15) is 14.0 Å². The van der Waals surface area contributed by atoms with E-state index in [-0.39, 0.29) is 23.1 Å². The molecule has 2 aromatic heterocycles. The normalized spacial score (nSPS) is 13.6. The SMILES string of the molecule is CCN(c1ncccn1)C1CN(C(=O)c2cc(Cc3n[nH]c(=O)c4ccccc34)ccc2F)C1. The Labute approximate surface area is 195 Å². The van der Waals surface area contributed by atoms with Crippen molar-refractivity contribution in [2.24, 2.45) is 0 Å². The zero-order chi connectivity index (χ0) is 23.7. The molecule has 1 fully saturated rings. The number of amides is 1. The minimum atomic E-state index is -0.560. The molecule has 0 aliphatic carbocycles. The molecular formula is C25H23FN6O2. The highest BCUT2D eigenvalue weighted by molar-refractivity contribution is 5.95. The van der Waals surface area contributed by atoms with Crippen molar-refractivity contribution in [3.05, 3.63) is 93.9 Å². The van der Waals surface area contributed by atoms with E-state index in [4.69, 9.17) is 0 Å². The second kappa shape index (κ2) is 9.01. The summed E-state index contributed by atoms with van der Waals surface area (Å²) in [5, 5.41) is 7.97. The van der Waals surface area contributed by atoms with E-state index >= 15 is 0 Å². The van der Waals surface area contributed by atoms with Crippen LogP contribution in [0.5, 0.6) is 0 Å². The van der Waals surface area contributed by atoms with Gasteiger partial charge in [0, 0.05) is 43.8 Å². The van der Waals surface area contributed by atoms with Crippen LogP contribution in [0.2, 0.25) is 0 Å². The molecule has 0 radical (unpaired) electrons. The fraction of sp³-hybridized carbons (Fsp3) is 0.240. The van der Waals surface area contributed by atoms with Crippen LogP contribution in [0.3, 0.4) is 0 Å². The molecule has 172 valence electrons. The number of carbonyl (C=O) groups excluding carboxylic acids is 1. The molecule has 1 amide bonds. The van der Waals surface area contributed by atoms with E-state index < -0.39 is 5.82 Å². The average Bonchev–Trinajstić information content (AvgIpc) is 2.84. The summed E-state index contributed by atoms with van der Waals surface area (Å²) in [5.74, 6) is -0.286. The third-order valence-corrected chi connectivity index (χ3v) is 6.15. The number of hydrogen-bond donors (Lipinski definition) is 1. The van der Waals surface area contributed by atoms with Crippen LogP contribution < -0.4 is 10.5 Å². The highest BCUT2D eigenvalue weighted by Gasteiger charge is 2.36. The first-order chi connectivity index (χ1) is 16.5. The molecule has 0 spiro atoms. The lowest BCUT2D eigenvalue weighted by Gasteiger charge is -2.45. The van der Waals surface area contributed by atoms with Gasteiger partial charge in [-0.1, -0.05) is 24.3 Å². The van der Waals surface area contributed by atoms with Gasteiger partial charge in [-0.2, -0.15) is 5.10 Å². The van der Waals surface area contributed by atoms with E-state index in [0.29, 0.717) is 43.1 Å². The summed E-state index contributed by atoms with van der Waals surface area (Å²) in [5.41, 5.74) is 1.16. The maximum atomic E-state index is 14.6. The molecule has 34 heavy (non-hydrogen) atoms. The Morgan fingerprint density at radius 1 is 1.12 bits per heavy atom. The number of benzene rings is 2. The largest absolute Gasteiger partial charge is 0.335 e. The number of hydrogen-bond acceptors (Lipinski definition) is 6. The third kappa shape index (κ3) is 4.00. The number of carbonyl (C=O) groups is 1. The molecule has 0 saturated carbocycles. The summed E-state index contributed by atoms with van der Waals surface area (Å²) >= 11 is 0. The van der Waals surface area contributed by atoms with Crippen LogP contribution in [0.25, 0.3) is 10.8 Å². The molecule has 1 saturated heterocycles. The molecule has 5 rings (SSSR count). The van der Waals surface area contributed by atoms with Crippen LogP contribution in [0, 0.1) is 5.82 Å². The van der Waals surface area contributed by atoms with Crippen LogP contribution in [-0.2, 0) is 6.42 Å². The average molecular weight is 458 g/mol. The van der Waals surface area contributed by atoms with Crippen LogP contribution in [-0.4, -0.2) is 56.6 Å². The van der Waals surface area contributed by atoms with Crippen LogP contribution in [0.4, 0.5) is 10.3 Å². The van der Waals surface area contributed by atoms with E-state index in [2.05, 4.69) is 20.2 Å². The molecule has 1 N–H and O–H groups in total. The highest BCUT2D eigenvalue weighted by Crippen LogP contribution is 2.24. The highest BCUT2D eigenvalue weighted by atomic mass is 19.1. The summed E-state index contributed by atoms with van der Waals surface area (Å²) in [6, 6.07) is 13.6.